The minimum atomic E-state index is 0.218. The molecule has 0 saturated heterocycles. The van der Waals surface area contributed by atoms with Gasteiger partial charge in [-0.15, -0.1) is 0 Å². The van der Waals surface area contributed by atoms with Crippen LogP contribution in [0.15, 0.2) is 31.9 Å². The molecule has 0 heterocycles. The van der Waals surface area contributed by atoms with Crippen molar-refractivity contribution in [1.82, 2.24) is 0 Å². The second-order valence-electron chi connectivity index (χ2n) is 2.66. The van der Waals surface area contributed by atoms with E-state index >= 15 is 0 Å². The lowest BCUT2D eigenvalue weighted by molar-refractivity contribution is 0.473. The molecule has 0 aliphatic rings. The summed E-state index contributed by atoms with van der Waals surface area (Å²) in [5, 5.41) is 9.63. The number of phenols is 1. The van der Waals surface area contributed by atoms with Gasteiger partial charge in [-0.2, -0.15) is 0 Å². The zero-order valence-corrected chi connectivity index (χ0v) is 7.46. The minimum Gasteiger partial charge on any atom is -0.507 e. The van der Waals surface area contributed by atoms with Crippen molar-refractivity contribution in [2.75, 3.05) is 0 Å². The van der Waals surface area contributed by atoms with Crippen molar-refractivity contribution >= 4 is 18.2 Å². The normalized spacial score (nSPS) is 9.23. The summed E-state index contributed by atoms with van der Waals surface area (Å²) in [6, 6.07) is 3.64. The Kier molecular flexibility index (Phi) is 2.70. The van der Waals surface area contributed by atoms with Crippen LogP contribution in [0.3, 0.4) is 0 Å². The van der Waals surface area contributed by atoms with Gasteiger partial charge < -0.3 is 5.11 Å². The maximum Gasteiger partial charge on any atom is 0.130 e. The van der Waals surface area contributed by atoms with Crippen molar-refractivity contribution in [3.8, 4) is 5.75 Å². The maximum absolute atomic E-state index is 9.63. The average molecular weight is 172 g/mol. The lowest BCUT2D eigenvalue weighted by atomic mass is 10.0. The van der Waals surface area contributed by atoms with Crippen LogP contribution in [0.1, 0.15) is 16.7 Å². The van der Waals surface area contributed by atoms with E-state index in [-0.39, 0.29) is 5.75 Å². The van der Waals surface area contributed by atoms with Gasteiger partial charge in [0, 0.05) is 11.1 Å². The van der Waals surface area contributed by atoms with Gasteiger partial charge in [0.25, 0.3) is 0 Å². The highest BCUT2D eigenvalue weighted by Crippen LogP contribution is 2.26. The van der Waals surface area contributed by atoms with E-state index in [1.54, 1.807) is 18.2 Å². The molecule has 66 valence electrons. The van der Waals surface area contributed by atoms with Crippen molar-refractivity contribution in [1.29, 1.82) is 0 Å². The highest BCUT2D eigenvalue weighted by molar-refractivity contribution is 5.70. The standard InChI is InChI=1S/C12H12O/c1-4-9-7-10(5-2)12(13)11(6-3)8-9/h4-8,13H,1-3H2. The summed E-state index contributed by atoms with van der Waals surface area (Å²) >= 11 is 0. The van der Waals surface area contributed by atoms with Gasteiger partial charge in [0.05, 0.1) is 0 Å². The zero-order chi connectivity index (χ0) is 9.84. The summed E-state index contributed by atoms with van der Waals surface area (Å²) in [6.07, 6.45) is 4.93. The second-order valence-corrected chi connectivity index (χ2v) is 2.66. The topological polar surface area (TPSA) is 20.2 Å². The third kappa shape index (κ3) is 1.70. The van der Waals surface area contributed by atoms with Crippen molar-refractivity contribution in [3.05, 3.63) is 48.6 Å². The fourth-order valence-corrected chi connectivity index (χ4v) is 1.13. The van der Waals surface area contributed by atoms with E-state index in [1.807, 2.05) is 12.1 Å². The summed E-state index contributed by atoms with van der Waals surface area (Å²) in [4.78, 5) is 0. The number of hydrogen-bond acceptors (Lipinski definition) is 1. The second kappa shape index (κ2) is 3.76. The molecule has 0 saturated carbocycles. The van der Waals surface area contributed by atoms with Crippen LogP contribution in [0.25, 0.3) is 18.2 Å². The largest absolute Gasteiger partial charge is 0.507 e. The summed E-state index contributed by atoms with van der Waals surface area (Å²) in [7, 11) is 0. The zero-order valence-electron chi connectivity index (χ0n) is 7.46. The first-order valence-corrected chi connectivity index (χ1v) is 3.97. The van der Waals surface area contributed by atoms with E-state index in [0.717, 1.165) is 5.56 Å². The number of rotatable bonds is 3. The first kappa shape index (κ1) is 9.33. The third-order valence-electron chi connectivity index (χ3n) is 1.87. The highest BCUT2D eigenvalue weighted by atomic mass is 16.3. The Morgan fingerprint density at radius 3 is 1.69 bits per heavy atom. The van der Waals surface area contributed by atoms with Crippen molar-refractivity contribution in [3.63, 3.8) is 0 Å². The highest BCUT2D eigenvalue weighted by Gasteiger charge is 2.03. The molecular formula is C12H12O. The molecule has 0 aromatic heterocycles. The smallest absolute Gasteiger partial charge is 0.130 e. The minimum absolute atomic E-state index is 0.218. The molecule has 1 aromatic rings. The van der Waals surface area contributed by atoms with Gasteiger partial charge in [-0.1, -0.05) is 38.0 Å². The van der Waals surface area contributed by atoms with E-state index in [9.17, 15) is 5.11 Å². The molecule has 0 amide bonds. The number of hydrogen-bond donors (Lipinski definition) is 1. The molecule has 0 aliphatic carbocycles. The van der Waals surface area contributed by atoms with Crippen molar-refractivity contribution < 1.29 is 5.11 Å². The Bertz CT molecular complexity index is 332. The number of phenolic OH excluding ortho intramolecular Hbond substituents is 1. The van der Waals surface area contributed by atoms with Gasteiger partial charge in [0.15, 0.2) is 0 Å². The molecule has 0 spiro atoms. The fourth-order valence-electron chi connectivity index (χ4n) is 1.13. The van der Waals surface area contributed by atoms with Crippen LogP contribution in [0, 0.1) is 0 Å². The molecule has 0 aliphatic heterocycles. The SMILES string of the molecule is C=Cc1cc(C=C)c(O)c(C=C)c1. The summed E-state index contributed by atoms with van der Waals surface area (Å²) < 4.78 is 0. The first-order chi connectivity index (χ1) is 6.22. The average Bonchev–Trinajstić information content (AvgIpc) is 2.18. The Hall–Kier alpha value is -1.76. The van der Waals surface area contributed by atoms with E-state index in [4.69, 9.17) is 0 Å². The lowest BCUT2D eigenvalue weighted by Crippen LogP contribution is -1.82. The number of benzene rings is 1. The Balaban J connectivity index is 3.44. The Morgan fingerprint density at radius 1 is 0.923 bits per heavy atom. The molecule has 1 rings (SSSR count). The molecule has 1 aromatic carbocycles. The summed E-state index contributed by atoms with van der Waals surface area (Å²) in [5.74, 6) is 0.218. The predicted molar refractivity (Wildman–Crippen MR) is 58.4 cm³/mol. The van der Waals surface area contributed by atoms with Crippen LogP contribution in [0.2, 0.25) is 0 Å². The predicted octanol–water partition coefficient (Wildman–Crippen LogP) is 3.32. The molecular weight excluding hydrogens is 160 g/mol. The molecule has 1 N–H and O–H groups in total. The van der Waals surface area contributed by atoms with Gasteiger partial charge >= 0.3 is 0 Å². The molecule has 0 fully saturated rings. The Labute approximate surface area is 78.3 Å². The van der Waals surface area contributed by atoms with Crippen LogP contribution in [-0.2, 0) is 0 Å². The van der Waals surface area contributed by atoms with Crippen molar-refractivity contribution in [2.45, 2.75) is 0 Å². The molecule has 0 bridgehead atoms. The summed E-state index contributed by atoms with van der Waals surface area (Å²) in [6.45, 7) is 10.9. The van der Waals surface area contributed by atoms with Crippen LogP contribution in [-0.4, -0.2) is 5.11 Å². The first-order valence-electron chi connectivity index (χ1n) is 3.97. The molecule has 0 unspecified atom stereocenters. The molecule has 0 atom stereocenters. The summed E-state index contributed by atoms with van der Waals surface area (Å²) in [5.41, 5.74) is 2.35. The van der Waals surface area contributed by atoms with Crippen LogP contribution >= 0.6 is 0 Å². The quantitative estimate of drug-likeness (QED) is 0.741. The van der Waals surface area contributed by atoms with E-state index in [1.165, 1.54) is 0 Å². The van der Waals surface area contributed by atoms with Crippen molar-refractivity contribution in [2.24, 2.45) is 0 Å². The maximum atomic E-state index is 9.63. The number of aromatic hydroxyl groups is 1. The monoisotopic (exact) mass is 172 g/mol. The van der Waals surface area contributed by atoms with Crippen LogP contribution in [0.5, 0.6) is 5.75 Å². The van der Waals surface area contributed by atoms with E-state index in [0.29, 0.717) is 11.1 Å². The van der Waals surface area contributed by atoms with Gasteiger partial charge in [0.2, 0.25) is 0 Å². The van der Waals surface area contributed by atoms with E-state index in [2.05, 4.69) is 19.7 Å². The van der Waals surface area contributed by atoms with Gasteiger partial charge in [-0.25, -0.2) is 0 Å². The third-order valence-corrected chi connectivity index (χ3v) is 1.87. The van der Waals surface area contributed by atoms with Crippen LogP contribution < -0.4 is 0 Å². The van der Waals surface area contributed by atoms with Gasteiger partial charge in [0.1, 0.15) is 5.75 Å². The lowest BCUT2D eigenvalue weighted by Gasteiger charge is -2.05. The van der Waals surface area contributed by atoms with Gasteiger partial charge in [-0.05, 0) is 17.7 Å². The molecule has 0 radical (unpaired) electrons. The Morgan fingerprint density at radius 2 is 1.38 bits per heavy atom. The fraction of sp³-hybridized carbons (Fsp3) is 0. The van der Waals surface area contributed by atoms with E-state index < -0.39 is 0 Å². The molecule has 1 heteroatoms. The molecule has 13 heavy (non-hydrogen) atoms. The van der Waals surface area contributed by atoms with Gasteiger partial charge in [-0.3, -0.25) is 0 Å². The molecule has 1 nitrogen and oxygen atoms in total. The van der Waals surface area contributed by atoms with Crippen LogP contribution in [0.4, 0.5) is 0 Å².